The van der Waals surface area contributed by atoms with E-state index in [4.69, 9.17) is 0 Å². The van der Waals surface area contributed by atoms with Crippen molar-refractivity contribution in [2.75, 3.05) is 42.9 Å². The highest BCUT2D eigenvalue weighted by Gasteiger charge is 2.15. The summed E-state index contributed by atoms with van der Waals surface area (Å²) in [7, 11) is 0. The molecule has 1 aromatic rings. The summed E-state index contributed by atoms with van der Waals surface area (Å²) in [5.41, 5.74) is 2.22. The van der Waals surface area contributed by atoms with Gasteiger partial charge in [0.2, 0.25) is 5.91 Å². The van der Waals surface area contributed by atoms with E-state index in [-0.39, 0.29) is 12.5 Å². The van der Waals surface area contributed by atoms with E-state index < -0.39 is 0 Å². The molecule has 1 N–H and O–H groups in total. The highest BCUT2D eigenvalue weighted by Crippen LogP contribution is 2.28. The second-order valence-corrected chi connectivity index (χ2v) is 5.79. The maximum atomic E-state index is 12.3. The van der Waals surface area contributed by atoms with Gasteiger partial charge in [0.15, 0.2) is 0 Å². The number of anilines is 2. The summed E-state index contributed by atoms with van der Waals surface area (Å²) >= 11 is 0. The fraction of sp³-hybridized carbons (Fsp3) is 0.421. The molecule has 0 unspecified atom stereocenters. The molecule has 0 radical (unpaired) electrons. The summed E-state index contributed by atoms with van der Waals surface area (Å²) in [4.78, 5) is 16.5. The summed E-state index contributed by atoms with van der Waals surface area (Å²) in [5, 5.41) is 3.31. The average Bonchev–Trinajstić information content (AvgIpc) is 2.60. The van der Waals surface area contributed by atoms with Crippen molar-refractivity contribution in [1.29, 1.82) is 0 Å². The van der Waals surface area contributed by atoms with Gasteiger partial charge in [0.1, 0.15) is 0 Å². The topological polar surface area (TPSA) is 35.6 Å². The van der Waals surface area contributed by atoms with Crippen molar-refractivity contribution in [3.8, 4) is 0 Å². The van der Waals surface area contributed by atoms with E-state index in [1.807, 2.05) is 12.1 Å². The molecule has 0 saturated carbocycles. The van der Waals surface area contributed by atoms with Crippen LogP contribution in [0.15, 0.2) is 49.6 Å². The third-order valence-electron chi connectivity index (χ3n) is 4.08. The minimum Gasteiger partial charge on any atom is -0.374 e. The van der Waals surface area contributed by atoms with Crippen LogP contribution in [-0.4, -0.2) is 43.5 Å². The molecule has 0 aromatic heterocycles. The number of hydrogen-bond acceptors (Lipinski definition) is 3. The second kappa shape index (κ2) is 9.03. The molecular weight excluding hydrogens is 286 g/mol. The van der Waals surface area contributed by atoms with Crippen molar-refractivity contribution in [1.82, 2.24) is 4.90 Å². The quantitative estimate of drug-likeness (QED) is 0.748. The molecule has 1 aromatic carbocycles. The molecule has 0 bridgehead atoms. The van der Waals surface area contributed by atoms with Gasteiger partial charge in [-0.25, -0.2) is 0 Å². The maximum Gasteiger partial charge on any atom is 0.242 e. The van der Waals surface area contributed by atoms with E-state index in [0.29, 0.717) is 13.1 Å². The number of rotatable bonds is 8. The van der Waals surface area contributed by atoms with Crippen molar-refractivity contribution in [3.63, 3.8) is 0 Å². The van der Waals surface area contributed by atoms with Gasteiger partial charge in [0.25, 0.3) is 0 Å². The molecule has 4 nitrogen and oxygen atoms in total. The lowest BCUT2D eigenvalue weighted by Gasteiger charge is -2.31. The zero-order valence-corrected chi connectivity index (χ0v) is 13.8. The monoisotopic (exact) mass is 313 g/mol. The van der Waals surface area contributed by atoms with Crippen LogP contribution < -0.4 is 10.2 Å². The normalized spacial score (nSPS) is 14.2. The Hall–Kier alpha value is -2.23. The predicted octanol–water partition coefficient (Wildman–Crippen LogP) is 3.29. The molecule has 1 heterocycles. The summed E-state index contributed by atoms with van der Waals surface area (Å²) in [6.45, 7) is 11.0. The van der Waals surface area contributed by atoms with Gasteiger partial charge in [-0.05, 0) is 31.4 Å². The Morgan fingerprint density at radius 3 is 2.43 bits per heavy atom. The summed E-state index contributed by atoms with van der Waals surface area (Å²) in [5.74, 6) is 0.0539. The second-order valence-electron chi connectivity index (χ2n) is 5.79. The molecule has 0 atom stereocenters. The van der Waals surface area contributed by atoms with Crippen LogP contribution >= 0.6 is 0 Å². The number of hydrogen-bond donors (Lipinski definition) is 1. The molecule has 1 aliphatic heterocycles. The van der Waals surface area contributed by atoms with Gasteiger partial charge in [-0.15, -0.1) is 13.2 Å². The lowest BCUT2D eigenvalue weighted by atomic mass is 10.1. The fourth-order valence-corrected chi connectivity index (χ4v) is 2.91. The van der Waals surface area contributed by atoms with Crippen molar-refractivity contribution >= 4 is 17.3 Å². The van der Waals surface area contributed by atoms with Gasteiger partial charge in [0, 0.05) is 26.2 Å². The minimum atomic E-state index is 0.0539. The van der Waals surface area contributed by atoms with E-state index in [2.05, 4.69) is 35.5 Å². The highest BCUT2D eigenvalue weighted by molar-refractivity contribution is 5.83. The predicted molar refractivity (Wildman–Crippen MR) is 98.0 cm³/mol. The van der Waals surface area contributed by atoms with Crippen molar-refractivity contribution in [2.24, 2.45) is 0 Å². The Balaban J connectivity index is 2.00. The maximum absolute atomic E-state index is 12.3. The first kappa shape index (κ1) is 17.1. The molecule has 0 spiro atoms. The van der Waals surface area contributed by atoms with E-state index in [1.165, 1.54) is 24.9 Å². The van der Waals surface area contributed by atoms with Gasteiger partial charge >= 0.3 is 0 Å². The standard InChI is InChI=1S/C19H27N3O/c1-3-12-22(13-4-2)19(23)16-20-17-10-6-7-11-18(17)21-14-8-5-9-15-21/h3-4,6-7,10-11,20H,1-2,5,8-9,12-16H2. The van der Waals surface area contributed by atoms with Crippen LogP contribution in [-0.2, 0) is 4.79 Å². The first-order valence-corrected chi connectivity index (χ1v) is 8.33. The zero-order chi connectivity index (χ0) is 16.5. The number of carbonyl (C=O) groups excluding carboxylic acids is 1. The Morgan fingerprint density at radius 2 is 1.78 bits per heavy atom. The van der Waals surface area contributed by atoms with Gasteiger partial charge in [-0.2, -0.15) is 0 Å². The zero-order valence-electron chi connectivity index (χ0n) is 13.8. The Kier molecular flexibility index (Phi) is 6.73. The molecule has 23 heavy (non-hydrogen) atoms. The Morgan fingerprint density at radius 1 is 1.13 bits per heavy atom. The van der Waals surface area contributed by atoms with Gasteiger partial charge in [-0.1, -0.05) is 24.3 Å². The summed E-state index contributed by atoms with van der Waals surface area (Å²) in [6, 6.07) is 8.23. The third-order valence-corrected chi connectivity index (χ3v) is 4.08. The van der Waals surface area contributed by atoms with E-state index >= 15 is 0 Å². The van der Waals surface area contributed by atoms with Crippen LogP contribution in [0, 0.1) is 0 Å². The third kappa shape index (κ3) is 4.88. The van der Waals surface area contributed by atoms with E-state index in [9.17, 15) is 4.79 Å². The molecule has 1 aliphatic rings. The lowest BCUT2D eigenvalue weighted by molar-refractivity contribution is -0.128. The average molecular weight is 313 g/mol. The summed E-state index contributed by atoms with van der Waals surface area (Å²) in [6.07, 6.45) is 7.26. The van der Waals surface area contributed by atoms with Gasteiger partial charge in [0.05, 0.1) is 17.9 Å². The van der Waals surface area contributed by atoms with Gasteiger partial charge in [-0.3, -0.25) is 4.79 Å². The van der Waals surface area contributed by atoms with Crippen molar-refractivity contribution < 1.29 is 4.79 Å². The molecule has 1 amide bonds. The number of nitrogens with one attached hydrogen (secondary N) is 1. The number of piperidine rings is 1. The number of benzene rings is 1. The Labute approximate surface area is 139 Å². The first-order chi connectivity index (χ1) is 11.3. The molecule has 4 heteroatoms. The van der Waals surface area contributed by atoms with Crippen LogP contribution in [0.2, 0.25) is 0 Å². The number of carbonyl (C=O) groups is 1. The van der Waals surface area contributed by atoms with Crippen LogP contribution in [0.1, 0.15) is 19.3 Å². The lowest BCUT2D eigenvalue weighted by Crippen LogP contribution is -2.36. The van der Waals surface area contributed by atoms with Crippen LogP contribution in [0.4, 0.5) is 11.4 Å². The molecular formula is C19H27N3O. The molecule has 2 rings (SSSR count). The van der Waals surface area contributed by atoms with E-state index in [0.717, 1.165) is 18.8 Å². The van der Waals surface area contributed by atoms with Crippen LogP contribution in [0.5, 0.6) is 0 Å². The summed E-state index contributed by atoms with van der Waals surface area (Å²) < 4.78 is 0. The molecule has 1 fully saturated rings. The fourth-order valence-electron chi connectivity index (χ4n) is 2.91. The number of amides is 1. The molecule has 0 aliphatic carbocycles. The number of nitrogens with zero attached hydrogens (tertiary/aromatic N) is 2. The van der Waals surface area contributed by atoms with Crippen LogP contribution in [0.3, 0.4) is 0 Å². The largest absolute Gasteiger partial charge is 0.374 e. The number of para-hydroxylation sites is 2. The highest BCUT2D eigenvalue weighted by atomic mass is 16.2. The smallest absolute Gasteiger partial charge is 0.242 e. The minimum absolute atomic E-state index is 0.0539. The van der Waals surface area contributed by atoms with Gasteiger partial charge < -0.3 is 15.1 Å². The SMILES string of the molecule is C=CCN(CC=C)C(=O)CNc1ccccc1N1CCCCC1. The van der Waals surface area contributed by atoms with Crippen LogP contribution in [0.25, 0.3) is 0 Å². The van der Waals surface area contributed by atoms with Crippen molar-refractivity contribution in [3.05, 3.63) is 49.6 Å². The first-order valence-electron chi connectivity index (χ1n) is 8.33. The Bertz CT molecular complexity index is 525. The molecule has 1 saturated heterocycles. The van der Waals surface area contributed by atoms with Crippen molar-refractivity contribution in [2.45, 2.75) is 19.3 Å². The van der Waals surface area contributed by atoms with E-state index in [1.54, 1.807) is 17.1 Å². The molecule has 124 valence electrons.